The molecule has 0 fully saturated rings. The van der Waals surface area contributed by atoms with Gasteiger partial charge in [-0.1, -0.05) is 6.92 Å². The molecule has 1 atom stereocenters. The number of nitrogens with two attached hydrogens (primary N) is 1. The Morgan fingerprint density at radius 3 is 2.60 bits per heavy atom. The normalized spacial score (nSPS) is 13.0. The molecule has 0 radical (unpaired) electrons. The molecule has 2 N–H and O–H groups in total. The summed E-state index contributed by atoms with van der Waals surface area (Å²) in [6.45, 7) is 2.07. The molecule has 0 aromatic carbocycles. The fourth-order valence-corrected chi connectivity index (χ4v) is 0.846. The summed E-state index contributed by atoms with van der Waals surface area (Å²) in [5, 5.41) is 0. The second-order valence-corrected chi connectivity index (χ2v) is 2.30. The van der Waals surface area contributed by atoms with E-state index in [2.05, 4.69) is 11.9 Å². The quantitative estimate of drug-likeness (QED) is 0.669. The van der Waals surface area contributed by atoms with Gasteiger partial charge in [0, 0.05) is 18.4 Å². The van der Waals surface area contributed by atoms with Gasteiger partial charge >= 0.3 is 0 Å². The van der Waals surface area contributed by atoms with Gasteiger partial charge in [0.05, 0.1) is 0 Å². The zero-order valence-corrected chi connectivity index (χ0v) is 6.12. The molecule has 1 heterocycles. The van der Waals surface area contributed by atoms with Crippen LogP contribution in [0.25, 0.3) is 0 Å². The van der Waals surface area contributed by atoms with E-state index in [1.807, 2.05) is 12.1 Å². The van der Waals surface area contributed by atoms with Gasteiger partial charge in [0.1, 0.15) is 0 Å². The highest BCUT2D eigenvalue weighted by molar-refractivity contribution is 5.13. The van der Waals surface area contributed by atoms with Gasteiger partial charge in [0.15, 0.2) is 0 Å². The molecule has 0 aliphatic rings. The largest absolute Gasteiger partial charge is 0.324 e. The zero-order chi connectivity index (χ0) is 7.40. The average molecular weight is 136 g/mol. The minimum atomic E-state index is 0.169. The molecule has 0 amide bonds. The number of nitrogens with zero attached hydrogens (tertiary/aromatic N) is 1. The zero-order valence-electron chi connectivity index (χ0n) is 6.12. The monoisotopic (exact) mass is 136 g/mol. The highest BCUT2D eigenvalue weighted by Crippen LogP contribution is 2.10. The van der Waals surface area contributed by atoms with Crippen molar-refractivity contribution in [2.24, 2.45) is 5.73 Å². The molecule has 0 spiro atoms. The molecule has 0 unspecified atom stereocenters. The Morgan fingerprint density at radius 1 is 1.50 bits per heavy atom. The van der Waals surface area contributed by atoms with Crippen LogP contribution in [-0.4, -0.2) is 4.98 Å². The van der Waals surface area contributed by atoms with Crippen molar-refractivity contribution in [3.8, 4) is 0 Å². The second kappa shape index (κ2) is 3.32. The standard InChI is InChI=1S/C8H12N2/c1-2-8(9)7-3-5-10-6-4-7/h3-6,8H,2,9H2,1H3/t8-/m1/s1. The fraction of sp³-hybridized carbons (Fsp3) is 0.375. The van der Waals surface area contributed by atoms with Crippen LogP contribution in [0, 0.1) is 0 Å². The Bertz CT molecular complexity index is 184. The Balaban J connectivity index is 2.75. The average Bonchev–Trinajstić information content (AvgIpc) is 2.05. The highest BCUT2D eigenvalue weighted by atomic mass is 14.6. The maximum Gasteiger partial charge on any atom is 0.0293 e. The summed E-state index contributed by atoms with van der Waals surface area (Å²) in [7, 11) is 0. The smallest absolute Gasteiger partial charge is 0.0293 e. The summed E-state index contributed by atoms with van der Waals surface area (Å²) >= 11 is 0. The summed E-state index contributed by atoms with van der Waals surface area (Å²) in [5.41, 5.74) is 6.93. The first kappa shape index (κ1) is 7.22. The van der Waals surface area contributed by atoms with E-state index in [9.17, 15) is 0 Å². The second-order valence-electron chi connectivity index (χ2n) is 2.30. The molecule has 1 aromatic rings. The summed E-state index contributed by atoms with van der Waals surface area (Å²) < 4.78 is 0. The van der Waals surface area contributed by atoms with Crippen molar-refractivity contribution >= 4 is 0 Å². The first-order valence-electron chi connectivity index (χ1n) is 3.50. The molecular formula is C8H12N2. The molecule has 10 heavy (non-hydrogen) atoms. The van der Waals surface area contributed by atoms with E-state index in [4.69, 9.17) is 5.73 Å². The predicted octanol–water partition coefficient (Wildman–Crippen LogP) is 1.49. The molecule has 0 aliphatic carbocycles. The Morgan fingerprint density at radius 2 is 2.10 bits per heavy atom. The van der Waals surface area contributed by atoms with E-state index in [-0.39, 0.29) is 6.04 Å². The lowest BCUT2D eigenvalue weighted by molar-refractivity contribution is 0.697. The van der Waals surface area contributed by atoms with E-state index in [0.29, 0.717) is 0 Å². The van der Waals surface area contributed by atoms with Crippen molar-refractivity contribution in [3.05, 3.63) is 30.1 Å². The summed E-state index contributed by atoms with van der Waals surface area (Å²) in [5.74, 6) is 0. The van der Waals surface area contributed by atoms with Gasteiger partial charge in [0.25, 0.3) is 0 Å². The number of pyridine rings is 1. The third kappa shape index (κ3) is 1.54. The van der Waals surface area contributed by atoms with Gasteiger partial charge in [-0.2, -0.15) is 0 Å². The molecular weight excluding hydrogens is 124 g/mol. The van der Waals surface area contributed by atoms with Gasteiger partial charge in [-0.3, -0.25) is 4.98 Å². The minimum Gasteiger partial charge on any atom is -0.324 e. The highest BCUT2D eigenvalue weighted by Gasteiger charge is 1.99. The molecule has 1 aromatic heterocycles. The SMILES string of the molecule is CC[C@@H](N)c1ccncc1. The van der Waals surface area contributed by atoms with Crippen LogP contribution in [0.3, 0.4) is 0 Å². The van der Waals surface area contributed by atoms with Crippen molar-refractivity contribution in [1.29, 1.82) is 0 Å². The predicted molar refractivity (Wildman–Crippen MR) is 41.5 cm³/mol. The van der Waals surface area contributed by atoms with Crippen LogP contribution in [0.4, 0.5) is 0 Å². The third-order valence-corrected chi connectivity index (χ3v) is 1.57. The minimum absolute atomic E-state index is 0.169. The van der Waals surface area contributed by atoms with Gasteiger partial charge in [-0.05, 0) is 24.1 Å². The van der Waals surface area contributed by atoms with E-state index in [1.54, 1.807) is 12.4 Å². The Kier molecular flexibility index (Phi) is 2.40. The van der Waals surface area contributed by atoms with Crippen LogP contribution in [-0.2, 0) is 0 Å². The molecule has 2 heteroatoms. The summed E-state index contributed by atoms with van der Waals surface area (Å²) in [4.78, 5) is 3.91. The summed E-state index contributed by atoms with van der Waals surface area (Å²) in [6, 6.07) is 4.07. The van der Waals surface area contributed by atoms with Gasteiger partial charge in [0.2, 0.25) is 0 Å². The van der Waals surface area contributed by atoms with Crippen molar-refractivity contribution in [1.82, 2.24) is 4.98 Å². The van der Waals surface area contributed by atoms with Crippen LogP contribution in [0.5, 0.6) is 0 Å². The first-order chi connectivity index (χ1) is 4.84. The van der Waals surface area contributed by atoms with Crippen LogP contribution < -0.4 is 5.73 Å². The van der Waals surface area contributed by atoms with Crippen molar-refractivity contribution in [3.63, 3.8) is 0 Å². The van der Waals surface area contributed by atoms with Gasteiger partial charge < -0.3 is 5.73 Å². The maximum absolute atomic E-state index is 5.77. The Hall–Kier alpha value is -0.890. The molecule has 1 rings (SSSR count). The Labute approximate surface area is 61.1 Å². The third-order valence-electron chi connectivity index (χ3n) is 1.57. The van der Waals surface area contributed by atoms with Crippen molar-refractivity contribution < 1.29 is 0 Å². The van der Waals surface area contributed by atoms with Gasteiger partial charge in [-0.25, -0.2) is 0 Å². The van der Waals surface area contributed by atoms with E-state index >= 15 is 0 Å². The van der Waals surface area contributed by atoms with Crippen LogP contribution in [0.15, 0.2) is 24.5 Å². The molecule has 54 valence electrons. The lowest BCUT2D eigenvalue weighted by Gasteiger charge is -2.06. The van der Waals surface area contributed by atoms with Crippen LogP contribution in [0.2, 0.25) is 0 Å². The maximum atomic E-state index is 5.77. The fourth-order valence-electron chi connectivity index (χ4n) is 0.846. The number of rotatable bonds is 2. The topological polar surface area (TPSA) is 38.9 Å². The van der Waals surface area contributed by atoms with Crippen molar-refractivity contribution in [2.75, 3.05) is 0 Å². The van der Waals surface area contributed by atoms with Gasteiger partial charge in [-0.15, -0.1) is 0 Å². The molecule has 0 bridgehead atoms. The molecule has 0 saturated carbocycles. The molecule has 2 nitrogen and oxygen atoms in total. The van der Waals surface area contributed by atoms with E-state index in [0.717, 1.165) is 12.0 Å². The lowest BCUT2D eigenvalue weighted by atomic mass is 10.1. The van der Waals surface area contributed by atoms with E-state index in [1.165, 1.54) is 0 Å². The van der Waals surface area contributed by atoms with Crippen LogP contribution in [0.1, 0.15) is 24.9 Å². The number of hydrogen-bond acceptors (Lipinski definition) is 2. The number of aromatic nitrogens is 1. The summed E-state index contributed by atoms with van der Waals surface area (Å²) in [6.07, 6.45) is 4.51. The van der Waals surface area contributed by atoms with Crippen LogP contribution >= 0.6 is 0 Å². The molecule has 0 aliphatic heterocycles. The lowest BCUT2D eigenvalue weighted by Crippen LogP contribution is -2.07. The van der Waals surface area contributed by atoms with E-state index < -0.39 is 0 Å². The number of hydrogen-bond donors (Lipinski definition) is 1. The molecule has 0 saturated heterocycles. The van der Waals surface area contributed by atoms with Crippen molar-refractivity contribution in [2.45, 2.75) is 19.4 Å². The first-order valence-corrected chi connectivity index (χ1v) is 3.50.